The Labute approximate surface area is 147 Å². The topological polar surface area (TPSA) is 60.8 Å². The number of halogens is 2. The lowest BCUT2D eigenvalue weighted by Crippen LogP contribution is -2.55. The highest BCUT2D eigenvalue weighted by atomic mass is 35.5. The minimum atomic E-state index is -1.16. The van der Waals surface area contributed by atoms with E-state index in [1.54, 1.807) is 6.07 Å². The summed E-state index contributed by atoms with van der Waals surface area (Å²) >= 11 is 6.08. The molecule has 1 aliphatic heterocycles. The molecule has 2 N–H and O–H groups in total. The number of benzene rings is 1. The third kappa shape index (κ3) is 4.26. The second kappa shape index (κ2) is 7.81. The van der Waals surface area contributed by atoms with Crippen molar-refractivity contribution in [3.8, 4) is 0 Å². The largest absolute Gasteiger partial charge is 0.481 e. The van der Waals surface area contributed by atoms with Crippen LogP contribution in [0.1, 0.15) is 38.7 Å². The third-order valence-corrected chi connectivity index (χ3v) is 5.22. The molecule has 0 amide bonds. The van der Waals surface area contributed by atoms with Crippen molar-refractivity contribution in [1.82, 2.24) is 4.90 Å². The Kier molecular flexibility index (Phi) is 6.23. The van der Waals surface area contributed by atoms with E-state index >= 15 is 0 Å². The summed E-state index contributed by atoms with van der Waals surface area (Å²) in [7, 11) is 0. The molecule has 0 radical (unpaired) electrons. The van der Waals surface area contributed by atoms with Crippen LogP contribution in [-0.2, 0) is 11.3 Å². The Hall–Kier alpha value is -1.17. The molecular weight excluding hydrogens is 333 g/mol. The van der Waals surface area contributed by atoms with Gasteiger partial charge in [-0.2, -0.15) is 0 Å². The fourth-order valence-corrected chi connectivity index (χ4v) is 3.53. The van der Waals surface area contributed by atoms with E-state index in [2.05, 4.69) is 0 Å². The minimum Gasteiger partial charge on any atom is -0.481 e. The molecule has 6 heteroatoms. The van der Waals surface area contributed by atoms with Gasteiger partial charge in [-0.15, -0.1) is 0 Å². The predicted molar refractivity (Wildman–Crippen MR) is 91.5 cm³/mol. The quantitative estimate of drug-likeness (QED) is 0.817. The van der Waals surface area contributed by atoms with Crippen molar-refractivity contribution in [3.05, 3.63) is 34.6 Å². The van der Waals surface area contributed by atoms with E-state index in [1.165, 1.54) is 12.1 Å². The number of hydrogen-bond donors (Lipinski definition) is 2. The molecule has 1 fully saturated rings. The highest BCUT2D eigenvalue weighted by molar-refractivity contribution is 6.31. The van der Waals surface area contributed by atoms with Gasteiger partial charge in [0.05, 0.1) is 6.10 Å². The fourth-order valence-electron chi connectivity index (χ4n) is 3.30. The van der Waals surface area contributed by atoms with E-state index in [0.29, 0.717) is 36.9 Å². The first kappa shape index (κ1) is 19.2. The minimum absolute atomic E-state index is 0.268. The van der Waals surface area contributed by atoms with Crippen LogP contribution in [0.2, 0.25) is 5.02 Å². The summed E-state index contributed by atoms with van der Waals surface area (Å²) in [6.07, 6.45) is 0.737. The number of aliphatic hydroxyl groups excluding tert-OH is 1. The molecule has 2 rings (SSSR count). The van der Waals surface area contributed by atoms with Crippen molar-refractivity contribution in [3.63, 3.8) is 0 Å². The smallest absolute Gasteiger partial charge is 0.313 e. The molecule has 2 atom stereocenters. The van der Waals surface area contributed by atoms with Crippen LogP contribution in [0.15, 0.2) is 18.2 Å². The normalized spacial score (nSPS) is 25.2. The molecule has 0 unspecified atom stereocenters. The van der Waals surface area contributed by atoms with Gasteiger partial charge in [-0.25, -0.2) is 4.39 Å². The number of carboxylic acids is 1. The predicted octanol–water partition coefficient (Wildman–Crippen LogP) is 3.55. The van der Waals surface area contributed by atoms with Gasteiger partial charge in [0.2, 0.25) is 0 Å². The van der Waals surface area contributed by atoms with Crippen molar-refractivity contribution >= 4 is 17.6 Å². The third-order valence-electron chi connectivity index (χ3n) is 4.87. The zero-order valence-corrected chi connectivity index (χ0v) is 14.9. The van der Waals surface area contributed by atoms with E-state index in [9.17, 15) is 19.4 Å². The first-order valence-electron chi connectivity index (χ1n) is 8.32. The van der Waals surface area contributed by atoms with Gasteiger partial charge in [-0.3, -0.25) is 9.69 Å². The maximum atomic E-state index is 13.2. The summed E-state index contributed by atoms with van der Waals surface area (Å²) in [5, 5.41) is 20.5. The van der Waals surface area contributed by atoms with Crippen molar-refractivity contribution in [2.45, 2.75) is 45.8 Å². The van der Waals surface area contributed by atoms with E-state index in [4.69, 9.17) is 11.6 Å². The molecule has 4 nitrogen and oxygen atoms in total. The Bertz CT molecular complexity index is 596. The van der Waals surface area contributed by atoms with Crippen LogP contribution in [0.25, 0.3) is 0 Å². The molecule has 1 aromatic carbocycles. The van der Waals surface area contributed by atoms with Crippen LogP contribution in [0.4, 0.5) is 4.39 Å². The molecule has 1 saturated heterocycles. The Morgan fingerprint density at radius 1 is 1.50 bits per heavy atom. The second-order valence-electron chi connectivity index (χ2n) is 7.14. The van der Waals surface area contributed by atoms with Gasteiger partial charge in [0.1, 0.15) is 11.2 Å². The molecule has 0 aromatic heterocycles. The molecule has 1 aliphatic rings. The number of rotatable bonds is 6. The fraction of sp³-hybridized carbons (Fsp3) is 0.611. The van der Waals surface area contributed by atoms with Gasteiger partial charge >= 0.3 is 5.97 Å². The summed E-state index contributed by atoms with van der Waals surface area (Å²) in [5.74, 6) is -0.976. The van der Waals surface area contributed by atoms with Crippen molar-refractivity contribution in [1.29, 1.82) is 0 Å². The molecule has 1 aromatic rings. The Morgan fingerprint density at radius 2 is 2.21 bits per heavy atom. The van der Waals surface area contributed by atoms with Gasteiger partial charge in [0, 0.05) is 24.7 Å². The average Bonchev–Trinajstić information content (AvgIpc) is 2.50. The number of aliphatic carboxylic acids is 1. The zero-order valence-electron chi connectivity index (χ0n) is 14.1. The number of carboxylic acid groups (broad SMARTS) is 1. The number of likely N-dealkylation sites (tertiary alicyclic amines) is 1. The molecule has 0 aliphatic carbocycles. The molecule has 24 heavy (non-hydrogen) atoms. The molecule has 134 valence electrons. The van der Waals surface area contributed by atoms with Crippen LogP contribution in [0.5, 0.6) is 0 Å². The summed E-state index contributed by atoms with van der Waals surface area (Å²) in [6, 6.07) is 4.24. The van der Waals surface area contributed by atoms with E-state index in [0.717, 1.165) is 12.0 Å². The number of nitrogens with zero attached hydrogens (tertiary/aromatic N) is 1. The standard InChI is InChI=1S/C18H25ClFNO3/c1-12(2)5-7-18(17(23)24)11-21(8-6-16(18)22)10-13-3-4-14(20)9-15(13)19/h3-4,9,12,16,22H,5-8,10-11H2,1-2H3,(H,23,24)/t16-,18-/m1/s1. The van der Waals surface area contributed by atoms with Gasteiger partial charge < -0.3 is 10.2 Å². The molecule has 0 saturated carbocycles. The highest BCUT2D eigenvalue weighted by Crippen LogP contribution is 2.37. The van der Waals surface area contributed by atoms with Gasteiger partial charge in [-0.05, 0) is 42.9 Å². The number of piperidine rings is 1. The first-order valence-corrected chi connectivity index (χ1v) is 8.70. The maximum Gasteiger partial charge on any atom is 0.313 e. The van der Waals surface area contributed by atoms with Crippen molar-refractivity contribution in [2.75, 3.05) is 13.1 Å². The van der Waals surface area contributed by atoms with Crippen LogP contribution >= 0.6 is 11.6 Å². The molecule has 0 bridgehead atoms. The lowest BCUT2D eigenvalue weighted by atomic mass is 9.72. The van der Waals surface area contributed by atoms with Crippen molar-refractivity contribution in [2.24, 2.45) is 11.3 Å². The van der Waals surface area contributed by atoms with Crippen LogP contribution in [-0.4, -0.2) is 40.3 Å². The van der Waals surface area contributed by atoms with Gasteiger partial charge in [0.25, 0.3) is 0 Å². The van der Waals surface area contributed by atoms with Crippen LogP contribution in [0.3, 0.4) is 0 Å². The molecule has 0 spiro atoms. The van der Waals surface area contributed by atoms with Gasteiger partial charge in [0.15, 0.2) is 0 Å². The highest BCUT2D eigenvalue weighted by Gasteiger charge is 2.48. The second-order valence-corrected chi connectivity index (χ2v) is 7.55. The van der Waals surface area contributed by atoms with Crippen LogP contribution in [0, 0.1) is 17.2 Å². The molecule has 1 heterocycles. The lowest BCUT2D eigenvalue weighted by Gasteiger charge is -2.43. The monoisotopic (exact) mass is 357 g/mol. The van der Waals surface area contributed by atoms with Gasteiger partial charge in [-0.1, -0.05) is 31.5 Å². The molecular formula is C18H25ClFNO3. The van der Waals surface area contributed by atoms with Crippen molar-refractivity contribution < 1.29 is 19.4 Å². The summed E-state index contributed by atoms with van der Waals surface area (Å²) in [4.78, 5) is 13.9. The SMILES string of the molecule is CC(C)CC[C@@]1(C(=O)O)CN(Cc2ccc(F)cc2Cl)CC[C@H]1O. The first-order chi connectivity index (χ1) is 11.2. The van der Waals surface area contributed by atoms with E-state index in [1.807, 2.05) is 18.7 Å². The number of carbonyl (C=O) groups is 1. The van der Waals surface area contributed by atoms with E-state index in [-0.39, 0.29) is 6.54 Å². The number of aliphatic hydroxyl groups is 1. The maximum absolute atomic E-state index is 13.2. The Morgan fingerprint density at radius 3 is 2.79 bits per heavy atom. The van der Waals surface area contributed by atoms with Crippen LogP contribution < -0.4 is 0 Å². The lowest BCUT2D eigenvalue weighted by molar-refractivity contribution is -0.165. The summed E-state index contributed by atoms with van der Waals surface area (Å²) in [5.41, 5.74) is -0.396. The Balaban J connectivity index is 2.17. The summed E-state index contributed by atoms with van der Waals surface area (Å²) in [6.45, 7) is 5.39. The zero-order chi connectivity index (χ0) is 17.9. The average molecular weight is 358 g/mol. The van der Waals surface area contributed by atoms with E-state index < -0.39 is 23.3 Å². The summed E-state index contributed by atoms with van der Waals surface area (Å²) < 4.78 is 13.2. The number of hydrogen-bond acceptors (Lipinski definition) is 3.